The van der Waals surface area contributed by atoms with Crippen molar-refractivity contribution in [3.8, 4) is 0 Å². The molecule has 2 atom stereocenters. The standard InChI is InChI=1S/C17H31NOS/c1-4-5-14-6-7-16(19)15(12-14)13-18-9-8-17(2,3)20-11-10-18/h14-15H,4-13H2,1-3H3. The zero-order valence-electron chi connectivity index (χ0n) is 13.5. The molecule has 0 N–H and O–H groups in total. The lowest BCUT2D eigenvalue weighted by Crippen LogP contribution is -2.38. The summed E-state index contributed by atoms with van der Waals surface area (Å²) in [5.41, 5.74) is 0. The van der Waals surface area contributed by atoms with Gasteiger partial charge >= 0.3 is 0 Å². The second-order valence-electron chi connectivity index (χ2n) is 7.25. The fraction of sp³-hybridized carbons (Fsp3) is 0.941. The van der Waals surface area contributed by atoms with Gasteiger partial charge in [0.2, 0.25) is 0 Å². The molecular formula is C17H31NOS. The molecule has 1 aliphatic carbocycles. The fourth-order valence-electron chi connectivity index (χ4n) is 3.61. The number of carbonyl (C=O) groups excluding carboxylic acids is 1. The van der Waals surface area contributed by atoms with Gasteiger partial charge in [0.05, 0.1) is 0 Å². The quantitative estimate of drug-likeness (QED) is 0.782. The van der Waals surface area contributed by atoms with Crippen molar-refractivity contribution >= 4 is 17.5 Å². The molecule has 116 valence electrons. The van der Waals surface area contributed by atoms with E-state index in [0.717, 1.165) is 38.3 Å². The summed E-state index contributed by atoms with van der Waals surface area (Å²) in [6, 6.07) is 0. The van der Waals surface area contributed by atoms with Crippen LogP contribution in [0.3, 0.4) is 0 Å². The molecule has 0 aromatic rings. The summed E-state index contributed by atoms with van der Waals surface area (Å²) < 4.78 is 0.413. The van der Waals surface area contributed by atoms with Crippen LogP contribution in [0.4, 0.5) is 0 Å². The van der Waals surface area contributed by atoms with Gasteiger partial charge in [0.15, 0.2) is 0 Å². The van der Waals surface area contributed by atoms with E-state index in [0.29, 0.717) is 16.4 Å². The summed E-state index contributed by atoms with van der Waals surface area (Å²) in [6.45, 7) is 10.3. The summed E-state index contributed by atoms with van der Waals surface area (Å²) in [4.78, 5) is 14.8. The highest BCUT2D eigenvalue weighted by Gasteiger charge is 2.31. The van der Waals surface area contributed by atoms with Gasteiger partial charge in [-0.1, -0.05) is 33.6 Å². The maximum absolute atomic E-state index is 12.2. The predicted molar refractivity (Wildman–Crippen MR) is 88.3 cm³/mol. The number of carbonyl (C=O) groups is 1. The molecule has 3 heteroatoms. The molecular weight excluding hydrogens is 266 g/mol. The highest BCUT2D eigenvalue weighted by molar-refractivity contribution is 8.00. The summed E-state index contributed by atoms with van der Waals surface area (Å²) >= 11 is 2.09. The van der Waals surface area contributed by atoms with E-state index in [4.69, 9.17) is 0 Å². The van der Waals surface area contributed by atoms with E-state index in [1.807, 2.05) is 0 Å². The molecule has 0 radical (unpaired) electrons. The first-order chi connectivity index (χ1) is 9.50. The number of nitrogens with zero attached hydrogens (tertiary/aromatic N) is 1. The summed E-state index contributed by atoms with van der Waals surface area (Å²) in [7, 11) is 0. The van der Waals surface area contributed by atoms with Crippen molar-refractivity contribution < 1.29 is 4.79 Å². The van der Waals surface area contributed by atoms with Crippen LogP contribution in [0.25, 0.3) is 0 Å². The van der Waals surface area contributed by atoms with Gasteiger partial charge in [0.25, 0.3) is 0 Å². The van der Waals surface area contributed by atoms with Crippen LogP contribution in [-0.4, -0.2) is 40.8 Å². The Kier molecular flexibility index (Phi) is 5.97. The molecule has 2 unspecified atom stereocenters. The van der Waals surface area contributed by atoms with E-state index in [2.05, 4.69) is 37.4 Å². The molecule has 1 aliphatic heterocycles. The van der Waals surface area contributed by atoms with Gasteiger partial charge in [0.1, 0.15) is 5.78 Å². The number of rotatable bonds is 4. The van der Waals surface area contributed by atoms with Crippen LogP contribution in [-0.2, 0) is 4.79 Å². The minimum atomic E-state index is 0.325. The Bertz CT molecular complexity index is 329. The zero-order chi connectivity index (χ0) is 14.6. The molecule has 2 aliphatic rings. The zero-order valence-corrected chi connectivity index (χ0v) is 14.3. The lowest BCUT2D eigenvalue weighted by molar-refractivity contribution is -0.126. The summed E-state index contributed by atoms with van der Waals surface area (Å²) in [6.07, 6.45) is 6.96. The van der Waals surface area contributed by atoms with Crippen LogP contribution in [0.5, 0.6) is 0 Å². The smallest absolute Gasteiger partial charge is 0.137 e. The Hall–Kier alpha value is -0.0200. The van der Waals surface area contributed by atoms with E-state index in [1.165, 1.54) is 31.6 Å². The molecule has 0 aromatic carbocycles. The van der Waals surface area contributed by atoms with E-state index >= 15 is 0 Å². The highest BCUT2D eigenvalue weighted by atomic mass is 32.2. The van der Waals surface area contributed by atoms with Crippen molar-refractivity contribution in [2.75, 3.05) is 25.4 Å². The van der Waals surface area contributed by atoms with Gasteiger partial charge in [0, 0.05) is 35.9 Å². The molecule has 0 bridgehead atoms. The Morgan fingerprint density at radius 2 is 2.15 bits per heavy atom. The first-order valence-corrected chi connectivity index (χ1v) is 9.38. The van der Waals surface area contributed by atoms with Crippen LogP contribution >= 0.6 is 11.8 Å². The van der Waals surface area contributed by atoms with E-state index in [-0.39, 0.29) is 0 Å². The largest absolute Gasteiger partial charge is 0.302 e. The van der Waals surface area contributed by atoms with E-state index in [9.17, 15) is 4.79 Å². The Labute approximate surface area is 129 Å². The maximum atomic E-state index is 12.2. The molecule has 0 amide bonds. The van der Waals surface area contributed by atoms with Crippen molar-refractivity contribution in [1.29, 1.82) is 0 Å². The molecule has 1 heterocycles. The third-order valence-electron chi connectivity index (χ3n) is 4.98. The van der Waals surface area contributed by atoms with Crippen molar-refractivity contribution in [2.45, 2.75) is 64.0 Å². The van der Waals surface area contributed by atoms with Crippen molar-refractivity contribution in [2.24, 2.45) is 11.8 Å². The molecule has 0 aromatic heterocycles. The van der Waals surface area contributed by atoms with Crippen molar-refractivity contribution in [3.63, 3.8) is 0 Å². The third-order valence-corrected chi connectivity index (χ3v) is 6.35. The van der Waals surface area contributed by atoms with Crippen LogP contribution in [0, 0.1) is 11.8 Å². The van der Waals surface area contributed by atoms with Gasteiger partial charge in [-0.05, 0) is 31.7 Å². The molecule has 2 rings (SSSR count). The van der Waals surface area contributed by atoms with E-state index < -0.39 is 0 Å². The second kappa shape index (κ2) is 7.31. The maximum Gasteiger partial charge on any atom is 0.137 e. The first kappa shape index (κ1) is 16.4. The molecule has 1 saturated carbocycles. The summed E-state index contributed by atoms with van der Waals surface area (Å²) in [5.74, 6) is 2.88. The van der Waals surface area contributed by atoms with Gasteiger partial charge in [-0.25, -0.2) is 0 Å². The second-order valence-corrected chi connectivity index (χ2v) is 9.05. The van der Waals surface area contributed by atoms with Gasteiger partial charge in [-0.2, -0.15) is 11.8 Å². The monoisotopic (exact) mass is 297 g/mol. The molecule has 2 fully saturated rings. The van der Waals surface area contributed by atoms with Crippen LogP contribution in [0.1, 0.15) is 59.3 Å². The molecule has 2 nitrogen and oxygen atoms in total. The van der Waals surface area contributed by atoms with Gasteiger partial charge in [-0.15, -0.1) is 0 Å². The molecule has 20 heavy (non-hydrogen) atoms. The lowest BCUT2D eigenvalue weighted by Gasteiger charge is -2.32. The van der Waals surface area contributed by atoms with Crippen molar-refractivity contribution in [1.82, 2.24) is 4.90 Å². The number of hydrogen-bond acceptors (Lipinski definition) is 3. The van der Waals surface area contributed by atoms with Crippen LogP contribution < -0.4 is 0 Å². The minimum Gasteiger partial charge on any atom is -0.302 e. The third kappa shape index (κ3) is 4.77. The average Bonchev–Trinajstić information content (AvgIpc) is 2.55. The predicted octanol–water partition coefficient (Wildman–Crippen LogP) is 3.99. The number of thioether (sulfide) groups is 1. The van der Waals surface area contributed by atoms with Gasteiger partial charge < -0.3 is 4.90 Å². The van der Waals surface area contributed by atoms with Crippen LogP contribution in [0.15, 0.2) is 0 Å². The highest BCUT2D eigenvalue weighted by Crippen LogP contribution is 2.33. The van der Waals surface area contributed by atoms with Gasteiger partial charge in [-0.3, -0.25) is 4.79 Å². The first-order valence-electron chi connectivity index (χ1n) is 8.39. The average molecular weight is 298 g/mol. The number of Topliss-reactive ketones (excluding diaryl/α,β-unsaturated/α-hetero) is 1. The van der Waals surface area contributed by atoms with E-state index in [1.54, 1.807) is 0 Å². The Morgan fingerprint density at radius 3 is 2.90 bits per heavy atom. The fourth-order valence-corrected chi connectivity index (χ4v) is 4.74. The summed E-state index contributed by atoms with van der Waals surface area (Å²) in [5, 5.41) is 0. The lowest BCUT2D eigenvalue weighted by atomic mass is 9.78. The Morgan fingerprint density at radius 1 is 1.35 bits per heavy atom. The molecule has 1 saturated heterocycles. The minimum absolute atomic E-state index is 0.325. The Balaban J connectivity index is 1.86. The number of hydrogen-bond donors (Lipinski definition) is 0. The topological polar surface area (TPSA) is 20.3 Å². The van der Waals surface area contributed by atoms with Crippen molar-refractivity contribution in [3.05, 3.63) is 0 Å². The normalized spacial score (nSPS) is 32.0. The number of ketones is 1. The molecule has 0 spiro atoms. The van der Waals surface area contributed by atoms with Crippen LogP contribution in [0.2, 0.25) is 0 Å². The SMILES string of the molecule is CCCC1CCC(=O)C(CN2CCSC(C)(C)CC2)C1.